The molecule has 108 heavy (non-hydrogen) atoms. The van der Waals surface area contributed by atoms with Crippen LogP contribution >= 0.6 is 0 Å². The van der Waals surface area contributed by atoms with Crippen LogP contribution in [0.15, 0.2) is 293 Å². The maximum Gasteiger partial charge on any atom is 0.229 e. The first kappa shape index (κ1) is 73.8. The molecule has 0 spiro atoms. The van der Waals surface area contributed by atoms with E-state index in [1.807, 2.05) is 0 Å². The Morgan fingerprint density at radius 3 is 0.870 bits per heavy atom. The largest absolute Gasteiger partial charge is 0.322 e. The fraction of sp³-hybridized carbons (Fsp3) is 0.188. The highest BCUT2D eigenvalue weighted by Crippen LogP contribution is 2.35. The van der Waals surface area contributed by atoms with Gasteiger partial charge in [0.15, 0.2) is 37.2 Å². The molecule has 0 fully saturated rings. The summed E-state index contributed by atoms with van der Waals surface area (Å²) in [5.74, 6) is 0. The molecule has 18 aromatic heterocycles. The zero-order valence-electron chi connectivity index (χ0n) is 66.1. The summed E-state index contributed by atoms with van der Waals surface area (Å²) in [6, 6.07) is 76.5. The fourth-order valence-electron chi connectivity index (χ4n) is 15.9. The van der Waals surface area contributed by atoms with Crippen LogP contribution < -0.4 is 27.4 Å². The predicted molar refractivity (Wildman–Crippen MR) is 441 cm³/mol. The van der Waals surface area contributed by atoms with E-state index in [0.717, 1.165) is 0 Å². The van der Waals surface area contributed by atoms with E-state index in [2.05, 4.69) is 472 Å². The number of hydrogen-bond donors (Lipinski definition) is 0. The fourth-order valence-corrected chi connectivity index (χ4v) is 15.9. The minimum atomic E-state index is 1.24. The van der Waals surface area contributed by atoms with E-state index in [-0.39, 0.29) is 0 Å². The second-order valence-electron chi connectivity index (χ2n) is 28.7. The molecule has 0 unspecified atom stereocenters. The van der Waals surface area contributed by atoms with Gasteiger partial charge in [-0.3, -0.25) is 0 Å². The molecular weight excluding hydrogens is 1320 g/mol. The quantitative estimate of drug-likeness (QED) is 0.149. The van der Waals surface area contributed by atoms with Crippen molar-refractivity contribution in [2.24, 2.45) is 42.3 Å². The third kappa shape index (κ3) is 14.4. The molecule has 540 valence electrons. The van der Waals surface area contributed by atoms with E-state index in [1.165, 1.54) is 168 Å². The van der Waals surface area contributed by atoms with Crippen molar-refractivity contribution < 1.29 is 27.4 Å². The lowest BCUT2D eigenvalue weighted by molar-refractivity contribution is -0.660. The van der Waals surface area contributed by atoms with Gasteiger partial charge in [0, 0.05) is 155 Å². The minimum Gasteiger partial charge on any atom is -0.322 e. The van der Waals surface area contributed by atoms with Gasteiger partial charge in [0.25, 0.3) is 0 Å². The molecule has 0 saturated carbocycles. The van der Waals surface area contributed by atoms with Crippen LogP contribution in [-0.4, -0.2) is 26.4 Å². The van der Waals surface area contributed by atoms with E-state index in [1.54, 1.807) is 0 Å². The highest BCUT2D eigenvalue weighted by molar-refractivity contribution is 5.85. The summed E-state index contributed by atoms with van der Waals surface area (Å²) in [5, 5.41) is 0. The first-order chi connectivity index (χ1) is 52.1. The number of pyridine rings is 12. The summed E-state index contributed by atoms with van der Waals surface area (Å²) >= 11 is 0. The summed E-state index contributed by atoms with van der Waals surface area (Å²) in [4.78, 5) is 0. The van der Waals surface area contributed by atoms with Gasteiger partial charge in [-0.25, -0.2) is 18.3 Å². The second kappa shape index (κ2) is 31.6. The lowest BCUT2D eigenvalue weighted by Crippen LogP contribution is -2.30. The highest BCUT2D eigenvalue weighted by Gasteiger charge is 2.25. The van der Waals surface area contributed by atoms with Crippen LogP contribution in [0.5, 0.6) is 0 Å². The molecule has 0 aliphatic carbocycles. The van der Waals surface area contributed by atoms with E-state index >= 15 is 0 Å². The van der Waals surface area contributed by atoms with Gasteiger partial charge in [0.2, 0.25) is 34.2 Å². The van der Waals surface area contributed by atoms with Gasteiger partial charge in [0.1, 0.15) is 53.7 Å². The molecule has 18 rings (SSSR count). The summed E-state index contributed by atoms with van der Waals surface area (Å²) in [5.41, 5.74) is 38.8. The summed E-state index contributed by atoms with van der Waals surface area (Å²) in [6.07, 6.45) is 25.4. The van der Waals surface area contributed by atoms with Crippen molar-refractivity contribution in [3.63, 3.8) is 0 Å². The smallest absolute Gasteiger partial charge is 0.229 e. The SMILES string of the molecule is Cc1c(-c2cccc[n+]2C)c(C)n2ccccc12.Cc1c(-c2cccc[n+]2C)c(C)n2ccccc12.Cc1cc2cccc(C)n2c1-c1cccc[n+]1C.Cc1cc2cccc(C)n2c1-c1cccc[n+]1C.Cc1cn2cccc(C)c2c1-c1cccc[n+]1C.Cc1cn2cccc(C)c2c1-c1cccc[n+]1C. The van der Waals surface area contributed by atoms with E-state index in [9.17, 15) is 0 Å². The first-order valence-corrected chi connectivity index (χ1v) is 37.2. The normalized spacial score (nSPS) is 11.1. The molecule has 18 heterocycles. The Balaban J connectivity index is 0.000000114. The second-order valence-corrected chi connectivity index (χ2v) is 28.7. The molecule has 0 atom stereocenters. The van der Waals surface area contributed by atoms with Crippen molar-refractivity contribution in [1.82, 2.24) is 26.4 Å². The Morgan fingerprint density at radius 1 is 0.250 bits per heavy atom. The molecule has 0 aromatic carbocycles. The molecule has 0 aliphatic heterocycles. The van der Waals surface area contributed by atoms with Gasteiger partial charge >= 0.3 is 0 Å². The van der Waals surface area contributed by atoms with Crippen molar-refractivity contribution in [1.29, 1.82) is 0 Å². The molecule has 18 aromatic rings. The number of hydrogen-bond acceptors (Lipinski definition) is 0. The van der Waals surface area contributed by atoms with Crippen molar-refractivity contribution in [3.8, 4) is 67.8 Å². The number of rotatable bonds is 6. The van der Waals surface area contributed by atoms with E-state index in [0.29, 0.717) is 0 Å². The number of aromatic nitrogens is 12. The molecule has 12 heteroatoms. The third-order valence-electron chi connectivity index (χ3n) is 21.3. The van der Waals surface area contributed by atoms with E-state index < -0.39 is 0 Å². The zero-order valence-corrected chi connectivity index (χ0v) is 66.1. The Labute approximate surface area is 636 Å². The van der Waals surface area contributed by atoms with Crippen LogP contribution in [0.3, 0.4) is 0 Å². The Morgan fingerprint density at radius 2 is 0.556 bits per heavy atom. The van der Waals surface area contributed by atoms with Crippen LogP contribution in [-0.2, 0) is 42.3 Å². The van der Waals surface area contributed by atoms with Crippen molar-refractivity contribution >= 4 is 33.1 Å². The molecule has 12 nitrogen and oxygen atoms in total. The van der Waals surface area contributed by atoms with Gasteiger partial charge in [-0.15, -0.1) is 0 Å². The van der Waals surface area contributed by atoms with Gasteiger partial charge in [0.05, 0.1) is 33.3 Å². The minimum absolute atomic E-state index is 1.24. The van der Waals surface area contributed by atoms with Gasteiger partial charge in [-0.1, -0.05) is 36.4 Å². The maximum absolute atomic E-state index is 2.32. The average molecular weight is 1420 g/mol. The molecule has 0 N–H and O–H groups in total. The van der Waals surface area contributed by atoms with Crippen LogP contribution in [0.4, 0.5) is 0 Å². The first-order valence-electron chi connectivity index (χ1n) is 37.2. The Bertz CT molecular complexity index is 5600. The number of fused-ring (bicyclic) bond motifs is 6. The van der Waals surface area contributed by atoms with Crippen molar-refractivity contribution in [3.05, 3.63) is 360 Å². The van der Waals surface area contributed by atoms with Crippen LogP contribution in [0, 0.1) is 83.1 Å². The van der Waals surface area contributed by atoms with Crippen LogP contribution in [0.25, 0.3) is 101 Å². The molecule has 0 radical (unpaired) electrons. The van der Waals surface area contributed by atoms with Crippen LogP contribution in [0.2, 0.25) is 0 Å². The number of aryl methyl sites for hydroxylation is 18. The van der Waals surface area contributed by atoms with Gasteiger partial charge < -0.3 is 26.4 Å². The zero-order chi connectivity index (χ0) is 76.2. The summed E-state index contributed by atoms with van der Waals surface area (Å²) in [6.45, 7) is 26.1. The maximum atomic E-state index is 2.32. The van der Waals surface area contributed by atoms with Crippen molar-refractivity contribution in [2.45, 2.75) is 83.1 Å². The molecular formula is C96H102N12+6. The molecule has 0 aliphatic rings. The third-order valence-corrected chi connectivity index (χ3v) is 21.3. The van der Waals surface area contributed by atoms with Crippen LogP contribution in [0.1, 0.15) is 67.3 Å². The predicted octanol–water partition coefficient (Wildman–Crippen LogP) is 18.3. The Hall–Kier alpha value is -12.5. The summed E-state index contributed by atoms with van der Waals surface area (Å²) < 4.78 is 26.6. The standard InChI is InChI=1S/6C16H17N2/c2*1-12-14-8-5-7-11-18(14)13(2)16(12)15-9-4-6-10-17(15)3;2*1-12-11-14-8-6-7-13(2)18(14)16(12)15-9-4-5-10-17(15)3;2*1-12-7-6-10-18-11-13(2)15(16(12)18)14-8-4-5-9-17(14)3/h6*4-11H,1-3H3/q6*+1. The highest BCUT2D eigenvalue weighted by atomic mass is 15.0. The van der Waals surface area contributed by atoms with Crippen molar-refractivity contribution in [2.75, 3.05) is 0 Å². The molecule has 0 bridgehead atoms. The molecule has 0 amide bonds. The van der Waals surface area contributed by atoms with E-state index in [4.69, 9.17) is 0 Å². The summed E-state index contributed by atoms with van der Waals surface area (Å²) in [7, 11) is 12.6. The molecule has 0 saturated heterocycles. The number of nitrogens with zero attached hydrogens (tertiary/aromatic N) is 12. The Kier molecular flexibility index (Phi) is 21.6. The lowest BCUT2D eigenvalue weighted by Gasteiger charge is -2.06. The average Bonchev–Trinajstić information content (AvgIpc) is 1.55. The topological polar surface area (TPSA) is 49.7 Å². The monoisotopic (exact) mass is 1420 g/mol. The van der Waals surface area contributed by atoms with Gasteiger partial charge in [-0.05, 0) is 237 Å². The lowest BCUT2D eigenvalue weighted by atomic mass is 10.1. The van der Waals surface area contributed by atoms with Gasteiger partial charge in [-0.2, -0.15) is 9.13 Å².